The van der Waals surface area contributed by atoms with Crippen molar-refractivity contribution in [1.82, 2.24) is 46.1 Å². The summed E-state index contributed by atoms with van der Waals surface area (Å²) in [4.78, 5) is 212. The van der Waals surface area contributed by atoms with Crippen molar-refractivity contribution in [3.8, 4) is 0 Å². The molecule has 8 aliphatic rings. The summed E-state index contributed by atoms with van der Waals surface area (Å²) in [7, 11) is 7.47. The summed E-state index contributed by atoms with van der Waals surface area (Å²) >= 11 is 12.4. The molecule has 14 amide bonds. The van der Waals surface area contributed by atoms with E-state index in [2.05, 4.69) is 124 Å². The fraction of sp³-hybridized carbons (Fsp3) is 0.633. The quantitative estimate of drug-likeness (QED) is 0.0422. The van der Waals surface area contributed by atoms with Crippen molar-refractivity contribution in [2.75, 3.05) is 113 Å². The normalized spacial score (nSPS) is 15.8. The molecule has 5 aliphatic heterocycles. The van der Waals surface area contributed by atoms with Gasteiger partial charge >= 0.3 is 62.4 Å². The van der Waals surface area contributed by atoms with Gasteiger partial charge in [0.15, 0.2) is 10.2 Å². The van der Waals surface area contributed by atoms with Crippen LogP contribution >= 0.6 is 110 Å². The third-order valence-electron chi connectivity index (χ3n) is 12.5. The van der Waals surface area contributed by atoms with Crippen LogP contribution in [0.25, 0.3) is 0 Å². The van der Waals surface area contributed by atoms with E-state index in [1.807, 2.05) is 0 Å². The number of carbonyl (C=O) groups is 18. The predicted octanol–water partition coefficient (Wildman–Crippen LogP) is 0.0389. The molecule has 0 bridgehead atoms. The molecule has 3 saturated carbocycles. The molecule has 0 radical (unpaired) electrons. The van der Waals surface area contributed by atoms with Crippen LogP contribution in [0.2, 0.25) is 0 Å². The minimum atomic E-state index is -1.02. The van der Waals surface area contributed by atoms with Crippen molar-refractivity contribution >= 4 is 215 Å². The van der Waals surface area contributed by atoms with E-state index in [0.717, 1.165) is 69.4 Å². The van der Waals surface area contributed by atoms with Crippen LogP contribution in [0.15, 0.2) is 24.3 Å². The number of hydrogen-bond donors (Lipinski definition) is 6. The predicted molar refractivity (Wildman–Crippen MR) is 412 cm³/mol. The van der Waals surface area contributed by atoms with Crippen LogP contribution in [-0.4, -0.2) is 248 Å². The Labute approximate surface area is 670 Å². The molecule has 104 heavy (non-hydrogen) atoms. The SMILES string of the molecule is C1CCC1.C1CCC1.C1CCC1.CC(=O)SCC(=O)ON1C(=O)CCC1=O.CCNC(=O)CN1C(=O)CC(SCC(=O)NCOC)C1=O.COCN.COCN.COCNC(=O)CN1C(=O)C=CC1=O.COCNC(=O)CSC(C)=O.II.I[I-]I.O=C(CN1C(=O)C=CC1=O)ON1C(=O)CCC1=O. The molecule has 44 heteroatoms. The van der Waals surface area contributed by atoms with Crippen molar-refractivity contribution in [3.63, 3.8) is 0 Å². The molecule has 0 aromatic carbocycles. The monoisotopic (exact) mass is 2100 g/mol. The summed E-state index contributed by atoms with van der Waals surface area (Å²) in [5.74, 6) is -8.38. The second-order valence-corrected chi connectivity index (χ2v) is 40.2. The van der Waals surface area contributed by atoms with Crippen LogP contribution in [-0.2, 0) is 120 Å². The molecule has 0 spiro atoms. The van der Waals surface area contributed by atoms with Crippen molar-refractivity contribution in [2.24, 2.45) is 11.5 Å². The van der Waals surface area contributed by atoms with Crippen LogP contribution in [0, 0.1) is 0 Å². The fourth-order valence-corrected chi connectivity index (χ4v) is 8.03. The number of amides is 14. The van der Waals surface area contributed by atoms with Gasteiger partial charge < -0.3 is 66.1 Å². The van der Waals surface area contributed by atoms with Gasteiger partial charge in [-0.2, -0.15) is 0 Å². The summed E-state index contributed by atoms with van der Waals surface area (Å²) in [5.41, 5.74) is 9.61. The maximum absolute atomic E-state index is 12.0. The van der Waals surface area contributed by atoms with E-state index >= 15 is 0 Å². The second kappa shape index (κ2) is 70.4. The number of nitrogens with zero attached hydrogens (tertiary/aromatic N) is 5. The van der Waals surface area contributed by atoms with Gasteiger partial charge in [0, 0.05) is 150 Å². The summed E-state index contributed by atoms with van der Waals surface area (Å²) in [6.45, 7) is 4.74. The summed E-state index contributed by atoms with van der Waals surface area (Å²) in [6, 6.07) is 0. The van der Waals surface area contributed by atoms with Crippen LogP contribution in [0.5, 0.6) is 0 Å². The molecular formula is C60H95I5N11O25S3-. The van der Waals surface area contributed by atoms with E-state index in [0.29, 0.717) is 48.3 Å². The summed E-state index contributed by atoms with van der Waals surface area (Å²) in [5, 5.41) is 9.76. The van der Waals surface area contributed by atoms with Gasteiger partial charge in [-0.1, -0.05) is 101 Å². The first-order chi connectivity index (χ1) is 49.5. The number of carbonyl (C=O) groups excluding carboxylic acids is 18. The zero-order valence-electron chi connectivity index (χ0n) is 59.1. The smallest absolute Gasteiger partial charge is 0.328 e. The Kier molecular flexibility index (Phi) is 71.9. The first-order valence-electron chi connectivity index (χ1n) is 31.4. The molecule has 0 aromatic heterocycles. The van der Waals surface area contributed by atoms with Crippen LogP contribution in [0.3, 0.4) is 0 Å². The van der Waals surface area contributed by atoms with Crippen molar-refractivity contribution < 1.29 is 133 Å². The maximum atomic E-state index is 12.0. The number of nitrogens with one attached hydrogen (secondary N) is 4. The van der Waals surface area contributed by atoms with E-state index in [4.69, 9.17) is 16.2 Å². The zero-order chi connectivity index (χ0) is 79.8. The van der Waals surface area contributed by atoms with Gasteiger partial charge in [-0.15, -0.1) is 21.9 Å². The van der Waals surface area contributed by atoms with Crippen LogP contribution in [0.4, 0.5) is 0 Å². The van der Waals surface area contributed by atoms with Gasteiger partial charge in [0.1, 0.15) is 45.6 Å². The average molecular weight is 2100 g/mol. The molecule has 0 aromatic rings. The van der Waals surface area contributed by atoms with Gasteiger partial charge in [0.2, 0.25) is 35.4 Å². The second-order valence-electron chi connectivity index (χ2n) is 20.4. The number of imide groups is 5. The van der Waals surface area contributed by atoms with Crippen molar-refractivity contribution in [3.05, 3.63) is 24.3 Å². The summed E-state index contributed by atoms with van der Waals surface area (Å²) < 4.78 is 22.5. The Balaban J connectivity index is -0.000000558. The molecule has 3 aliphatic carbocycles. The Hall–Kier alpha value is -4.24. The van der Waals surface area contributed by atoms with E-state index in [9.17, 15) is 86.3 Å². The number of likely N-dealkylation sites (N-methyl/N-ethyl adjacent to an activating group) is 1. The van der Waals surface area contributed by atoms with Gasteiger partial charge in [0.05, 0.1) is 30.2 Å². The maximum Gasteiger partial charge on any atom is 0.352 e. The molecular weight excluding hydrogens is 2010 g/mol. The fourth-order valence-electron chi connectivity index (χ4n) is 6.24. The van der Waals surface area contributed by atoms with Crippen molar-refractivity contribution in [1.29, 1.82) is 0 Å². The topological polar surface area (TPSA) is 488 Å². The number of thioether (sulfide) groups is 3. The third kappa shape index (κ3) is 56.1. The number of ether oxygens (including phenoxy) is 5. The molecule has 3 saturated heterocycles. The van der Waals surface area contributed by atoms with Gasteiger partial charge in [-0.05, 0) is 6.92 Å². The number of nitrogens with two attached hydrogens (primary N) is 2. The number of hydroxylamine groups is 4. The Bertz CT molecular complexity index is 2660. The molecule has 1 atom stereocenters. The molecule has 5 heterocycles. The summed E-state index contributed by atoms with van der Waals surface area (Å²) in [6.07, 6.45) is 22.4. The Morgan fingerprint density at radius 1 is 0.452 bits per heavy atom. The van der Waals surface area contributed by atoms with Gasteiger partial charge in [-0.3, -0.25) is 91.4 Å². The Morgan fingerprint density at radius 2 is 0.750 bits per heavy atom. The molecule has 36 nitrogen and oxygen atoms in total. The number of methoxy groups -OCH3 is 5. The molecule has 6 fully saturated rings. The molecule has 1 unspecified atom stereocenters. The van der Waals surface area contributed by atoms with Gasteiger partial charge in [-0.25, -0.2) is 9.59 Å². The standard InChI is InChI=1S/C12H19N3O5S.C10H8N2O6.C8H10N2O4.C8H9NO5S.C6H11NO3S.3C4H8.2C2H7NO.I3.I2/c1-3-13-9(16)5-15-11(18)4-8(12(15)19)21-6-10(17)14-7-20-2;13-6-1-2-7(14)11(6)5-10(17)18-12-8(15)3-4-9(12)16;1-14-5-9-6(11)4-10-7(12)2-3-8(10)13;1-5(10)15-4-8(13)14-9-6(11)2-3-7(9)12;1-5(8)11-3-6(9)7-4-10-2;3*1-2-4-3-1;2*1-4-2-3;1-3-2;1-2/h8H,3-7H2,1-2H3,(H,13,16)(H,14,17);1-2H,3-5H2;2-3H,4-5H2,1H3,(H,9,11);2-4H2,1H3;3-4H2,1-2H3,(H,7,9);3*1-4H2;2*2-3H2,1H3;;/q;;;;;;;;;;-1;. The largest absolute Gasteiger partial charge is 0.352 e. The van der Waals surface area contributed by atoms with Crippen LogP contribution in [0.1, 0.15) is 130 Å². The molecule has 8 N–H and O–H groups in total. The first kappa shape index (κ1) is 106. The van der Waals surface area contributed by atoms with E-state index in [-0.39, 0.29) is 117 Å². The van der Waals surface area contributed by atoms with Crippen LogP contribution < -0.4 is 46.0 Å². The van der Waals surface area contributed by atoms with E-state index < -0.39 is 82.8 Å². The average Bonchev–Trinajstić information content (AvgIpc) is 1.68. The minimum absolute atomic E-state index is 0.0143. The number of hydrogen-bond acceptors (Lipinski definition) is 30. The van der Waals surface area contributed by atoms with Gasteiger partial charge in [0.25, 0.3) is 47.3 Å². The molecule has 594 valence electrons. The van der Waals surface area contributed by atoms with Crippen molar-refractivity contribution in [2.45, 2.75) is 135 Å². The number of halogens is 5. The first-order valence-corrected chi connectivity index (χ1v) is 53.3. The van der Waals surface area contributed by atoms with E-state index in [1.165, 1.54) is 112 Å². The third-order valence-corrected chi connectivity index (χ3v) is 15.3. The number of likely N-dealkylation sites (tertiary alicyclic amines) is 1. The Morgan fingerprint density at radius 3 is 1.07 bits per heavy atom. The zero-order valence-corrected chi connectivity index (χ0v) is 72.3. The number of rotatable bonds is 24. The minimum Gasteiger partial charge on any atom is -0.328 e. The molecule has 8 rings (SSSR count). The van der Waals surface area contributed by atoms with E-state index in [1.54, 1.807) is 21.1 Å².